The molecule has 3 aromatic rings. The SMILES string of the molecule is C=CC(=O)NC1CCC(Nc2nc(Nc3cnn(CCF)c3)nc3ccsc23)CC1. The molecule has 30 heavy (non-hydrogen) atoms. The van der Waals surface area contributed by atoms with Crippen molar-refractivity contribution >= 4 is 44.9 Å². The molecule has 0 saturated heterocycles. The van der Waals surface area contributed by atoms with Gasteiger partial charge in [0.05, 0.1) is 28.6 Å². The average Bonchev–Trinajstić information content (AvgIpc) is 3.39. The van der Waals surface area contributed by atoms with Crippen molar-refractivity contribution in [3.05, 3.63) is 36.5 Å². The lowest BCUT2D eigenvalue weighted by Crippen LogP contribution is -2.39. The zero-order valence-electron chi connectivity index (χ0n) is 16.5. The van der Waals surface area contributed by atoms with Crippen LogP contribution in [0.4, 0.5) is 21.8 Å². The lowest BCUT2D eigenvalue weighted by atomic mass is 9.91. The van der Waals surface area contributed by atoms with Gasteiger partial charge in [-0.2, -0.15) is 10.1 Å². The van der Waals surface area contributed by atoms with Crippen molar-refractivity contribution in [2.24, 2.45) is 0 Å². The van der Waals surface area contributed by atoms with E-state index < -0.39 is 6.67 Å². The molecule has 1 amide bonds. The number of alkyl halides is 1. The summed E-state index contributed by atoms with van der Waals surface area (Å²) in [4.78, 5) is 20.8. The number of rotatable bonds is 8. The number of carbonyl (C=O) groups is 1. The molecule has 0 aromatic carbocycles. The number of hydrogen-bond donors (Lipinski definition) is 3. The fourth-order valence-corrected chi connectivity index (χ4v) is 4.40. The lowest BCUT2D eigenvalue weighted by Gasteiger charge is -2.29. The van der Waals surface area contributed by atoms with Crippen molar-refractivity contribution in [1.82, 2.24) is 25.1 Å². The Bertz CT molecular complexity index is 1030. The van der Waals surface area contributed by atoms with E-state index in [0.29, 0.717) is 11.6 Å². The number of thiophene rings is 1. The standard InChI is InChI=1S/C20H24FN7OS/c1-2-17(29)23-13-3-5-14(6-4-13)24-19-18-16(7-10-30-18)26-20(27-19)25-15-11-22-28(12-15)9-8-21/h2,7,10-14H,1,3-6,8-9H2,(H,23,29)(H2,24,25,26,27). The van der Waals surface area contributed by atoms with E-state index in [9.17, 15) is 9.18 Å². The third kappa shape index (κ3) is 4.76. The Morgan fingerprint density at radius 2 is 2.10 bits per heavy atom. The lowest BCUT2D eigenvalue weighted by molar-refractivity contribution is -0.117. The van der Waals surface area contributed by atoms with Crippen LogP contribution in [0.15, 0.2) is 36.5 Å². The van der Waals surface area contributed by atoms with E-state index in [1.165, 1.54) is 10.8 Å². The molecule has 1 aliphatic carbocycles. The highest BCUT2D eigenvalue weighted by Gasteiger charge is 2.23. The zero-order valence-corrected chi connectivity index (χ0v) is 17.3. The topological polar surface area (TPSA) is 96.8 Å². The Kier molecular flexibility index (Phi) is 6.22. The molecule has 1 fully saturated rings. The Labute approximate surface area is 177 Å². The molecule has 1 aliphatic rings. The van der Waals surface area contributed by atoms with Crippen LogP contribution in [-0.2, 0) is 11.3 Å². The molecule has 10 heteroatoms. The molecule has 8 nitrogen and oxygen atoms in total. The van der Waals surface area contributed by atoms with Gasteiger partial charge >= 0.3 is 0 Å². The first-order valence-electron chi connectivity index (χ1n) is 9.94. The van der Waals surface area contributed by atoms with Gasteiger partial charge in [-0.05, 0) is 43.2 Å². The molecule has 0 atom stereocenters. The molecule has 0 unspecified atom stereocenters. The van der Waals surface area contributed by atoms with Crippen molar-refractivity contribution in [1.29, 1.82) is 0 Å². The number of halogens is 1. The number of nitrogens with one attached hydrogen (secondary N) is 3. The molecule has 3 N–H and O–H groups in total. The van der Waals surface area contributed by atoms with Gasteiger partial charge in [-0.25, -0.2) is 9.37 Å². The maximum atomic E-state index is 12.5. The molecule has 3 aromatic heterocycles. The molecule has 4 rings (SSSR count). The first-order valence-corrected chi connectivity index (χ1v) is 10.8. The first-order chi connectivity index (χ1) is 14.6. The van der Waals surface area contributed by atoms with Crippen LogP contribution in [0.25, 0.3) is 10.2 Å². The van der Waals surface area contributed by atoms with Crippen molar-refractivity contribution < 1.29 is 9.18 Å². The van der Waals surface area contributed by atoms with Gasteiger partial charge in [-0.1, -0.05) is 6.58 Å². The maximum Gasteiger partial charge on any atom is 0.243 e. The Morgan fingerprint density at radius 3 is 2.87 bits per heavy atom. The summed E-state index contributed by atoms with van der Waals surface area (Å²) in [6.45, 7) is 3.26. The Hall–Kier alpha value is -3.01. The molecule has 158 valence electrons. The minimum Gasteiger partial charge on any atom is -0.366 e. The number of amides is 1. The normalized spacial score (nSPS) is 18.8. The summed E-state index contributed by atoms with van der Waals surface area (Å²) in [5.74, 6) is 1.15. The van der Waals surface area contributed by atoms with E-state index in [-0.39, 0.29) is 24.5 Å². The highest BCUT2D eigenvalue weighted by Crippen LogP contribution is 2.30. The zero-order chi connectivity index (χ0) is 20.9. The van der Waals surface area contributed by atoms with Gasteiger partial charge in [0.15, 0.2) is 0 Å². The second kappa shape index (κ2) is 9.21. The van der Waals surface area contributed by atoms with Gasteiger partial charge in [-0.15, -0.1) is 11.3 Å². The predicted molar refractivity (Wildman–Crippen MR) is 117 cm³/mol. The van der Waals surface area contributed by atoms with Crippen LogP contribution in [0.2, 0.25) is 0 Å². The maximum absolute atomic E-state index is 12.5. The molecule has 1 saturated carbocycles. The molecule has 3 heterocycles. The third-order valence-electron chi connectivity index (χ3n) is 5.11. The average molecular weight is 430 g/mol. The minimum atomic E-state index is -0.466. The van der Waals surface area contributed by atoms with E-state index in [1.54, 1.807) is 23.7 Å². The van der Waals surface area contributed by atoms with Crippen LogP contribution in [0, 0.1) is 0 Å². The van der Waals surface area contributed by atoms with E-state index in [1.807, 2.05) is 11.4 Å². The van der Waals surface area contributed by atoms with Crippen molar-refractivity contribution in [3.63, 3.8) is 0 Å². The summed E-state index contributed by atoms with van der Waals surface area (Å²) in [6, 6.07) is 2.44. The highest BCUT2D eigenvalue weighted by atomic mass is 32.1. The van der Waals surface area contributed by atoms with Crippen molar-refractivity contribution in [2.75, 3.05) is 17.3 Å². The number of nitrogens with zero attached hydrogens (tertiary/aromatic N) is 4. The largest absolute Gasteiger partial charge is 0.366 e. The fraction of sp³-hybridized carbons (Fsp3) is 0.400. The van der Waals surface area contributed by atoms with Crippen LogP contribution < -0.4 is 16.0 Å². The van der Waals surface area contributed by atoms with Gasteiger partial charge < -0.3 is 16.0 Å². The number of aryl methyl sites for hydroxylation is 1. The van der Waals surface area contributed by atoms with Crippen LogP contribution in [-0.4, -0.2) is 44.4 Å². The molecular weight excluding hydrogens is 405 g/mol. The van der Waals surface area contributed by atoms with Gasteiger partial charge in [0, 0.05) is 18.3 Å². The van der Waals surface area contributed by atoms with Gasteiger partial charge in [-0.3, -0.25) is 9.48 Å². The van der Waals surface area contributed by atoms with Gasteiger partial charge in [0.2, 0.25) is 11.9 Å². The summed E-state index contributed by atoms with van der Waals surface area (Å²) >= 11 is 1.60. The van der Waals surface area contributed by atoms with Crippen molar-refractivity contribution in [2.45, 2.75) is 44.3 Å². The predicted octanol–water partition coefficient (Wildman–Crippen LogP) is 3.63. The Balaban J connectivity index is 1.45. The quantitative estimate of drug-likeness (QED) is 0.473. The van der Waals surface area contributed by atoms with E-state index >= 15 is 0 Å². The minimum absolute atomic E-state index is 0.118. The smallest absolute Gasteiger partial charge is 0.243 e. The van der Waals surface area contributed by atoms with Crippen LogP contribution in [0.1, 0.15) is 25.7 Å². The monoisotopic (exact) mass is 429 g/mol. The molecule has 0 bridgehead atoms. The van der Waals surface area contributed by atoms with Crippen molar-refractivity contribution in [3.8, 4) is 0 Å². The Morgan fingerprint density at radius 1 is 1.30 bits per heavy atom. The summed E-state index contributed by atoms with van der Waals surface area (Å²) in [5.41, 5.74) is 1.57. The van der Waals surface area contributed by atoms with E-state index in [2.05, 4.69) is 37.6 Å². The summed E-state index contributed by atoms with van der Waals surface area (Å²) < 4.78 is 15.0. The number of anilines is 3. The number of hydrogen-bond acceptors (Lipinski definition) is 7. The van der Waals surface area contributed by atoms with Crippen LogP contribution >= 0.6 is 11.3 Å². The van der Waals surface area contributed by atoms with E-state index in [4.69, 9.17) is 0 Å². The number of carbonyl (C=O) groups excluding carboxylic acids is 1. The fourth-order valence-electron chi connectivity index (χ4n) is 3.62. The second-order valence-electron chi connectivity index (χ2n) is 7.24. The van der Waals surface area contributed by atoms with Crippen LogP contribution in [0.3, 0.4) is 0 Å². The van der Waals surface area contributed by atoms with Gasteiger partial charge in [0.25, 0.3) is 0 Å². The summed E-state index contributed by atoms with van der Waals surface area (Å²) in [7, 11) is 0. The number of aromatic nitrogens is 4. The molecular formula is C20H24FN7OS. The van der Waals surface area contributed by atoms with Gasteiger partial charge in [0.1, 0.15) is 12.5 Å². The van der Waals surface area contributed by atoms with Crippen LogP contribution in [0.5, 0.6) is 0 Å². The number of fused-ring (bicyclic) bond motifs is 1. The molecule has 0 aliphatic heterocycles. The summed E-state index contributed by atoms with van der Waals surface area (Å²) in [6.07, 6.45) is 8.38. The van der Waals surface area contributed by atoms with E-state index in [0.717, 1.165) is 41.7 Å². The summed E-state index contributed by atoms with van der Waals surface area (Å²) in [5, 5.41) is 15.8. The third-order valence-corrected chi connectivity index (χ3v) is 6.02. The second-order valence-corrected chi connectivity index (χ2v) is 8.16. The first kappa shape index (κ1) is 20.3. The molecule has 0 spiro atoms. The molecule has 0 radical (unpaired) electrons. The highest BCUT2D eigenvalue weighted by molar-refractivity contribution is 7.17.